The van der Waals surface area contributed by atoms with Gasteiger partial charge in [0.2, 0.25) is 0 Å². The molecule has 6 nitrogen and oxygen atoms in total. The highest BCUT2D eigenvalue weighted by Crippen LogP contribution is 2.26. The van der Waals surface area contributed by atoms with Crippen molar-refractivity contribution in [3.63, 3.8) is 0 Å². The summed E-state index contributed by atoms with van der Waals surface area (Å²) in [5, 5.41) is 9.32. The Labute approximate surface area is 120 Å². The molecule has 2 aliphatic rings. The van der Waals surface area contributed by atoms with E-state index in [0.29, 0.717) is 32.0 Å². The van der Waals surface area contributed by atoms with Crippen molar-refractivity contribution in [2.45, 2.75) is 51.5 Å². The van der Waals surface area contributed by atoms with Crippen molar-refractivity contribution in [1.82, 2.24) is 8.61 Å². The molecular weight excluding hydrogens is 280 g/mol. The highest BCUT2D eigenvalue weighted by molar-refractivity contribution is 7.86. The van der Waals surface area contributed by atoms with E-state index in [1.807, 2.05) is 6.92 Å². The summed E-state index contributed by atoms with van der Waals surface area (Å²) in [6.07, 6.45) is 4.72. The predicted molar refractivity (Wildman–Crippen MR) is 75.5 cm³/mol. The van der Waals surface area contributed by atoms with Crippen molar-refractivity contribution < 1.29 is 18.3 Å². The van der Waals surface area contributed by atoms with Crippen LogP contribution in [0.15, 0.2) is 0 Å². The van der Waals surface area contributed by atoms with E-state index in [-0.39, 0.29) is 0 Å². The van der Waals surface area contributed by atoms with E-state index in [1.54, 1.807) is 0 Å². The van der Waals surface area contributed by atoms with Crippen molar-refractivity contribution >= 4 is 16.2 Å². The molecule has 2 unspecified atom stereocenters. The molecule has 0 saturated carbocycles. The van der Waals surface area contributed by atoms with Gasteiger partial charge >= 0.3 is 5.97 Å². The van der Waals surface area contributed by atoms with Gasteiger partial charge in [-0.05, 0) is 31.6 Å². The molecule has 0 radical (unpaired) electrons. The van der Waals surface area contributed by atoms with Crippen molar-refractivity contribution in [3.05, 3.63) is 0 Å². The van der Waals surface area contributed by atoms with Crippen LogP contribution < -0.4 is 0 Å². The molecule has 7 heteroatoms. The standard InChI is InChI=1S/C13H24N2O4S/c1-11-6-5-8-14(10-11)20(18,19)15-9-4-2-3-7-12(15)13(16)17/h11-12H,2-10H2,1H3,(H,16,17). The first-order valence-corrected chi connectivity index (χ1v) is 8.82. The summed E-state index contributed by atoms with van der Waals surface area (Å²) < 4.78 is 28.2. The molecule has 0 spiro atoms. The van der Waals surface area contributed by atoms with E-state index < -0.39 is 22.2 Å². The summed E-state index contributed by atoms with van der Waals surface area (Å²) in [5.41, 5.74) is 0. The monoisotopic (exact) mass is 304 g/mol. The van der Waals surface area contributed by atoms with Crippen LogP contribution in [-0.2, 0) is 15.0 Å². The summed E-state index contributed by atoms with van der Waals surface area (Å²) in [6.45, 7) is 3.38. The summed E-state index contributed by atoms with van der Waals surface area (Å²) in [4.78, 5) is 11.4. The molecule has 116 valence electrons. The van der Waals surface area contributed by atoms with Gasteiger partial charge in [0.15, 0.2) is 0 Å². The highest BCUT2D eigenvalue weighted by Gasteiger charge is 2.40. The van der Waals surface area contributed by atoms with Crippen LogP contribution in [0.25, 0.3) is 0 Å². The average Bonchev–Trinajstić information content (AvgIpc) is 2.64. The number of carboxylic acid groups (broad SMARTS) is 1. The van der Waals surface area contributed by atoms with Crippen LogP contribution in [0, 0.1) is 5.92 Å². The molecule has 2 fully saturated rings. The quantitative estimate of drug-likeness (QED) is 0.852. The zero-order valence-corrected chi connectivity index (χ0v) is 12.8. The fourth-order valence-corrected chi connectivity index (χ4v) is 5.09. The van der Waals surface area contributed by atoms with Gasteiger partial charge in [-0.1, -0.05) is 19.8 Å². The van der Waals surface area contributed by atoms with Crippen LogP contribution in [-0.4, -0.2) is 53.8 Å². The van der Waals surface area contributed by atoms with E-state index in [0.717, 1.165) is 32.1 Å². The largest absolute Gasteiger partial charge is 0.480 e. The Balaban J connectivity index is 2.22. The topological polar surface area (TPSA) is 77.9 Å². The van der Waals surface area contributed by atoms with Gasteiger partial charge in [0.25, 0.3) is 10.2 Å². The van der Waals surface area contributed by atoms with E-state index in [1.165, 1.54) is 8.61 Å². The van der Waals surface area contributed by atoms with Crippen LogP contribution >= 0.6 is 0 Å². The molecule has 2 aliphatic heterocycles. The number of nitrogens with zero attached hydrogens (tertiary/aromatic N) is 2. The van der Waals surface area contributed by atoms with E-state index in [2.05, 4.69) is 0 Å². The molecule has 1 N–H and O–H groups in total. The first-order valence-electron chi connectivity index (χ1n) is 7.42. The fourth-order valence-electron chi connectivity index (χ4n) is 3.11. The maximum absolute atomic E-state index is 12.7. The minimum Gasteiger partial charge on any atom is -0.480 e. The zero-order chi connectivity index (χ0) is 14.8. The van der Waals surface area contributed by atoms with Gasteiger partial charge in [0, 0.05) is 19.6 Å². The molecule has 2 rings (SSSR count). The molecule has 2 heterocycles. The van der Waals surface area contributed by atoms with E-state index in [4.69, 9.17) is 0 Å². The maximum atomic E-state index is 12.7. The minimum absolute atomic E-state index is 0.324. The van der Waals surface area contributed by atoms with Gasteiger partial charge in [-0.2, -0.15) is 17.0 Å². The number of hydrogen-bond donors (Lipinski definition) is 1. The highest BCUT2D eigenvalue weighted by atomic mass is 32.2. The van der Waals surface area contributed by atoms with Crippen LogP contribution in [0.2, 0.25) is 0 Å². The summed E-state index contributed by atoms with van der Waals surface area (Å²) in [7, 11) is -3.65. The summed E-state index contributed by atoms with van der Waals surface area (Å²) in [6, 6.07) is -0.903. The molecule has 20 heavy (non-hydrogen) atoms. The molecule has 2 saturated heterocycles. The Morgan fingerprint density at radius 1 is 1.10 bits per heavy atom. The molecule has 0 aromatic heterocycles. The maximum Gasteiger partial charge on any atom is 0.322 e. The molecule has 0 bridgehead atoms. The third-order valence-corrected chi connectivity index (χ3v) is 6.25. The second-order valence-corrected chi connectivity index (χ2v) is 7.81. The first-order chi connectivity index (χ1) is 9.43. The Hall–Kier alpha value is -0.660. The van der Waals surface area contributed by atoms with Crippen molar-refractivity contribution in [3.8, 4) is 0 Å². The second kappa shape index (κ2) is 6.41. The van der Waals surface area contributed by atoms with Crippen LogP contribution in [0.1, 0.15) is 45.4 Å². The summed E-state index contributed by atoms with van der Waals surface area (Å²) in [5.74, 6) is -0.686. The van der Waals surface area contributed by atoms with Gasteiger partial charge in [0.05, 0.1) is 0 Å². The molecule has 0 aliphatic carbocycles. The number of aliphatic carboxylic acids is 1. The Morgan fingerprint density at radius 2 is 1.85 bits per heavy atom. The molecule has 0 aromatic carbocycles. The SMILES string of the molecule is CC1CCCN(S(=O)(=O)N2CCCCCC2C(=O)O)C1. The van der Waals surface area contributed by atoms with Crippen LogP contribution in [0.5, 0.6) is 0 Å². The van der Waals surface area contributed by atoms with Crippen molar-refractivity contribution in [2.75, 3.05) is 19.6 Å². The molecular formula is C13H24N2O4S. The number of carbonyl (C=O) groups is 1. The van der Waals surface area contributed by atoms with Crippen LogP contribution in [0.4, 0.5) is 0 Å². The molecule has 0 amide bonds. The lowest BCUT2D eigenvalue weighted by molar-refractivity contribution is -0.141. The number of hydrogen-bond acceptors (Lipinski definition) is 3. The third-order valence-electron chi connectivity index (χ3n) is 4.23. The average molecular weight is 304 g/mol. The van der Waals surface area contributed by atoms with Gasteiger partial charge in [-0.25, -0.2) is 0 Å². The third kappa shape index (κ3) is 3.32. The molecule has 0 aromatic rings. The van der Waals surface area contributed by atoms with E-state index in [9.17, 15) is 18.3 Å². The first kappa shape index (κ1) is 15.7. The van der Waals surface area contributed by atoms with Gasteiger partial charge < -0.3 is 5.11 Å². The number of rotatable bonds is 3. The van der Waals surface area contributed by atoms with Gasteiger partial charge in [-0.15, -0.1) is 0 Å². The summed E-state index contributed by atoms with van der Waals surface area (Å²) >= 11 is 0. The second-order valence-electron chi connectivity index (χ2n) is 5.93. The van der Waals surface area contributed by atoms with Gasteiger partial charge in [-0.3, -0.25) is 4.79 Å². The number of carboxylic acids is 1. The van der Waals surface area contributed by atoms with Crippen molar-refractivity contribution in [1.29, 1.82) is 0 Å². The Morgan fingerprint density at radius 3 is 2.50 bits per heavy atom. The molecule has 2 atom stereocenters. The Bertz CT molecular complexity index is 451. The lowest BCUT2D eigenvalue weighted by Crippen LogP contribution is -2.53. The Kier molecular flexibility index (Phi) is 5.04. The van der Waals surface area contributed by atoms with Crippen LogP contribution in [0.3, 0.4) is 0 Å². The van der Waals surface area contributed by atoms with E-state index >= 15 is 0 Å². The normalized spacial score (nSPS) is 30.9. The number of piperidine rings is 1. The predicted octanol–water partition coefficient (Wildman–Crippen LogP) is 1.29. The van der Waals surface area contributed by atoms with Crippen molar-refractivity contribution in [2.24, 2.45) is 5.92 Å². The fraction of sp³-hybridized carbons (Fsp3) is 0.923. The lowest BCUT2D eigenvalue weighted by atomic mass is 10.0. The zero-order valence-electron chi connectivity index (χ0n) is 12.0. The smallest absolute Gasteiger partial charge is 0.322 e. The lowest BCUT2D eigenvalue weighted by Gasteiger charge is -2.36. The van der Waals surface area contributed by atoms with Gasteiger partial charge in [0.1, 0.15) is 6.04 Å². The minimum atomic E-state index is -3.65.